The normalized spacial score (nSPS) is 21.8. The van der Waals surface area contributed by atoms with Crippen LogP contribution >= 0.6 is 11.6 Å². The highest BCUT2D eigenvalue weighted by Gasteiger charge is 2.26. The molecule has 104 valence electrons. The first kappa shape index (κ1) is 14.3. The number of carbonyl (C=O) groups excluding carboxylic acids is 1. The van der Waals surface area contributed by atoms with Gasteiger partial charge in [-0.3, -0.25) is 4.79 Å². The summed E-state index contributed by atoms with van der Waals surface area (Å²) in [5, 5.41) is 15.7. The molecule has 0 aliphatic heterocycles. The second-order valence-electron chi connectivity index (χ2n) is 5.13. The van der Waals surface area contributed by atoms with Crippen LogP contribution in [-0.4, -0.2) is 30.2 Å². The number of hydrogen-bond donors (Lipinski definition) is 3. The lowest BCUT2D eigenvalue weighted by Crippen LogP contribution is -2.38. The Kier molecular flexibility index (Phi) is 4.80. The monoisotopic (exact) mass is 282 g/mol. The summed E-state index contributed by atoms with van der Waals surface area (Å²) >= 11 is 5.90. The quantitative estimate of drug-likeness (QED) is 0.773. The lowest BCUT2D eigenvalue weighted by atomic mass is 9.82. The van der Waals surface area contributed by atoms with Gasteiger partial charge in [-0.1, -0.05) is 17.7 Å². The molecule has 0 unspecified atom stereocenters. The number of anilines is 1. The number of halogens is 1. The highest BCUT2D eigenvalue weighted by molar-refractivity contribution is 6.31. The highest BCUT2D eigenvalue weighted by Crippen LogP contribution is 2.26. The molecule has 5 heteroatoms. The minimum absolute atomic E-state index is 0.0785. The van der Waals surface area contributed by atoms with E-state index in [2.05, 4.69) is 10.6 Å². The van der Waals surface area contributed by atoms with Crippen molar-refractivity contribution in [1.82, 2.24) is 5.32 Å². The topological polar surface area (TPSA) is 61.4 Å². The van der Waals surface area contributed by atoms with E-state index in [-0.39, 0.29) is 18.6 Å². The average Bonchev–Trinajstić information content (AvgIpc) is 2.31. The molecule has 0 saturated heterocycles. The van der Waals surface area contributed by atoms with Crippen LogP contribution in [0.4, 0.5) is 5.69 Å². The fourth-order valence-corrected chi connectivity index (χ4v) is 2.35. The Bertz CT molecular complexity index is 459. The molecule has 1 saturated carbocycles. The Hall–Kier alpha value is -1.10. The fourth-order valence-electron chi connectivity index (χ4n) is 2.18. The van der Waals surface area contributed by atoms with Gasteiger partial charge in [0, 0.05) is 10.7 Å². The molecule has 19 heavy (non-hydrogen) atoms. The maximum absolute atomic E-state index is 11.8. The van der Waals surface area contributed by atoms with Crippen LogP contribution in [0.5, 0.6) is 0 Å². The SMILES string of the molecule is Cc1ccc(Cl)cc1NC(=O)CNCC1CC(O)C1. The van der Waals surface area contributed by atoms with Gasteiger partial charge < -0.3 is 15.7 Å². The van der Waals surface area contributed by atoms with Crippen molar-refractivity contribution in [2.75, 3.05) is 18.4 Å². The summed E-state index contributed by atoms with van der Waals surface area (Å²) in [6, 6.07) is 5.42. The van der Waals surface area contributed by atoms with E-state index >= 15 is 0 Å². The van der Waals surface area contributed by atoms with E-state index in [4.69, 9.17) is 16.7 Å². The van der Waals surface area contributed by atoms with Crippen LogP contribution in [0.3, 0.4) is 0 Å². The predicted octanol–water partition coefficient (Wildman–Crippen LogP) is 1.95. The van der Waals surface area contributed by atoms with Crippen LogP contribution in [0.1, 0.15) is 18.4 Å². The number of nitrogens with one attached hydrogen (secondary N) is 2. The second kappa shape index (κ2) is 6.37. The van der Waals surface area contributed by atoms with E-state index in [1.165, 1.54) is 0 Å². The molecular weight excluding hydrogens is 264 g/mol. The summed E-state index contributed by atoms with van der Waals surface area (Å²) in [4.78, 5) is 11.8. The zero-order valence-electron chi connectivity index (χ0n) is 10.9. The van der Waals surface area contributed by atoms with E-state index in [0.29, 0.717) is 10.9 Å². The Balaban J connectivity index is 1.73. The van der Waals surface area contributed by atoms with Gasteiger partial charge in [0.1, 0.15) is 0 Å². The number of amides is 1. The second-order valence-corrected chi connectivity index (χ2v) is 5.57. The summed E-state index contributed by atoms with van der Waals surface area (Å²) in [7, 11) is 0. The molecule has 1 aromatic carbocycles. The first-order valence-corrected chi connectivity index (χ1v) is 6.87. The molecule has 4 nitrogen and oxygen atoms in total. The minimum atomic E-state index is -0.144. The minimum Gasteiger partial charge on any atom is -0.393 e. The molecule has 1 aliphatic carbocycles. The van der Waals surface area contributed by atoms with Gasteiger partial charge in [0.15, 0.2) is 0 Å². The van der Waals surface area contributed by atoms with Crippen molar-refractivity contribution in [2.45, 2.75) is 25.9 Å². The molecule has 2 rings (SSSR count). The van der Waals surface area contributed by atoms with Crippen molar-refractivity contribution in [1.29, 1.82) is 0 Å². The number of aryl methyl sites for hydroxylation is 1. The van der Waals surface area contributed by atoms with Gasteiger partial charge in [-0.25, -0.2) is 0 Å². The molecule has 0 bridgehead atoms. The fraction of sp³-hybridized carbons (Fsp3) is 0.500. The molecule has 0 atom stereocenters. The van der Waals surface area contributed by atoms with Crippen molar-refractivity contribution in [3.05, 3.63) is 28.8 Å². The van der Waals surface area contributed by atoms with Crippen molar-refractivity contribution in [2.24, 2.45) is 5.92 Å². The van der Waals surface area contributed by atoms with Crippen molar-refractivity contribution < 1.29 is 9.90 Å². The lowest BCUT2D eigenvalue weighted by Gasteiger charge is -2.31. The van der Waals surface area contributed by atoms with Crippen molar-refractivity contribution in [3.63, 3.8) is 0 Å². The van der Waals surface area contributed by atoms with Gasteiger partial charge >= 0.3 is 0 Å². The first-order valence-electron chi connectivity index (χ1n) is 6.49. The maximum Gasteiger partial charge on any atom is 0.238 e. The third-order valence-corrected chi connectivity index (χ3v) is 3.64. The summed E-state index contributed by atoms with van der Waals surface area (Å²) in [6.45, 7) is 2.98. The van der Waals surface area contributed by atoms with Gasteiger partial charge in [-0.05, 0) is 49.9 Å². The number of rotatable bonds is 5. The molecule has 1 aliphatic rings. The van der Waals surface area contributed by atoms with Crippen LogP contribution in [0.2, 0.25) is 5.02 Å². The molecular formula is C14H19ClN2O2. The summed E-state index contributed by atoms with van der Waals surface area (Å²) in [5.41, 5.74) is 1.73. The number of carbonyl (C=O) groups is 1. The van der Waals surface area contributed by atoms with Crippen LogP contribution < -0.4 is 10.6 Å². The third kappa shape index (κ3) is 4.20. The molecule has 1 aromatic rings. The first-order chi connectivity index (χ1) is 9.04. The summed E-state index contributed by atoms with van der Waals surface area (Å²) in [5.74, 6) is 0.418. The van der Waals surface area contributed by atoms with Gasteiger partial charge in [0.05, 0.1) is 12.6 Å². The number of benzene rings is 1. The lowest BCUT2D eigenvalue weighted by molar-refractivity contribution is -0.115. The molecule has 0 radical (unpaired) electrons. The Morgan fingerprint density at radius 1 is 1.47 bits per heavy atom. The van der Waals surface area contributed by atoms with E-state index in [1.54, 1.807) is 12.1 Å². The average molecular weight is 283 g/mol. The van der Waals surface area contributed by atoms with Gasteiger partial charge in [-0.15, -0.1) is 0 Å². The Labute approximate surface area is 118 Å². The highest BCUT2D eigenvalue weighted by atomic mass is 35.5. The van der Waals surface area contributed by atoms with Crippen LogP contribution in [0, 0.1) is 12.8 Å². The van der Waals surface area contributed by atoms with Gasteiger partial charge in [0.25, 0.3) is 0 Å². The van der Waals surface area contributed by atoms with E-state index < -0.39 is 0 Å². The Morgan fingerprint density at radius 3 is 2.89 bits per heavy atom. The van der Waals surface area contributed by atoms with Crippen LogP contribution in [0.25, 0.3) is 0 Å². The predicted molar refractivity (Wildman–Crippen MR) is 76.4 cm³/mol. The van der Waals surface area contributed by atoms with Gasteiger partial charge in [0.2, 0.25) is 5.91 Å². The van der Waals surface area contributed by atoms with Crippen LogP contribution in [0.15, 0.2) is 18.2 Å². The smallest absolute Gasteiger partial charge is 0.238 e. The summed E-state index contributed by atoms with van der Waals surface area (Å²) in [6.07, 6.45) is 1.53. The standard InChI is InChI=1S/C14H19ClN2O2/c1-9-2-3-11(15)6-13(9)17-14(19)8-16-7-10-4-12(18)5-10/h2-3,6,10,12,16,18H,4-5,7-8H2,1H3,(H,17,19). The molecule has 3 N–H and O–H groups in total. The molecule has 0 heterocycles. The molecule has 1 amide bonds. The summed E-state index contributed by atoms with van der Waals surface area (Å²) < 4.78 is 0. The Morgan fingerprint density at radius 2 is 2.21 bits per heavy atom. The number of hydrogen-bond acceptors (Lipinski definition) is 3. The number of aliphatic hydroxyl groups excluding tert-OH is 1. The molecule has 1 fully saturated rings. The van der Waals surface area contributed by atoms with E-state index in [0.717, 1.165) is 30.6 Å². The van der Waals surface area contributed by atoms with Gasteiger partial charge in [-0.2, -0.15) is 0 Å². The zero-order valence-corrected chi connectivity index (χ0v) is 11.7. The maximum atomic E-state index is 11.8. The third-order valence-electron chi connectivity index (χ3n) is 3.40. The zero-order chi connectivity index (χ0) is 13.8. The number of aliphatic hydroxyl groups is 1. The van der Waals surface area contributed by atoms with E-state index in [1.807, 2.05) is 13.0 Å². The largest absolute Gasteiger partial charge is 0.393 e. The molecule has 0 aromatic heterocycles. The van der Waals surface area contributed by atoms with Crippen molar-refractivity contribution in [3.8, 4) is 0 Å². The molecule has 0 spiro atoms. The van der Waals surface area contributed by atoms with Crippen molar-refractivity contribution >= 4 is 23.2 Å². The van der Waals surface area contributed by atoms with E-state index in [9.17, 15) is 4.79 Å². The van der Waals surface area contributed by atoms with Crippen LogP contribution in [-0.2, 0) is 4.79 Å².